The van der Waals surface area contributed by atoms with Crippen LogP contribution in [0.15, 0.2) is 22.7 Å². The first-order valence-electron chi connectivity index (χ1n) is 8.68. The van der Waals surface area contributed by atoms with Crippen molar-refractivity contribution in [1.29, 1.82) is 0 Å². The highest BCUT2D eigenvalue weighted by Crippen LogP contribution is 2.19. The van der Waals surface area contributed by atoms with E-state index in [9.17, 15) is 9.59 Å². The molecule has 3 rings (SSSR count). The van der Waals surface area contributed by atoms with Crippen molar-refractivity contribution in [2.24, 2.45) is 0 Å². The zero-order chi connectivity index (χ0) is 18.7. The van der Waals surface area contributed by atoms with Crippen molar-refractivity contribution >= 4 is 11.9 Å². The lowest BCUT2D eigenvalue weighted by Gasteiger charge is -2.23. The minimum Gasteiger partial charge on any atom is -0.465 e. The van der Waals surface area contributed by atoms with Gasteiger partial charge in [-0.25, -0.2) is 4.79 Å². The average Bonchev–Trinajstić information content (AvgIpc) is 3.28. The number of nitrogens with zero attached hydrogens (tertiary/aromatic N) is 3. The zero-order valence-corrected chi connectivity index (χ0v) is 15.3. The molecule has 1 amide bonds. The summed E-state index contributed by atoms with van der Waals surface area (Å²) in [7, 11) is 3.00. The molecule has 0 bridgehead atoms. The fourth-order valence-corrected chi connectivity index (χ4v) is 3.15. The molecule has 1 saturated heterocycles. The molecular weight excluding hydrogens is 336 g/mol. The van der Waals surface area contributed by atoms with Crippen LogP contribution in [0, 0.1) is 6.92 Å². The Hall–Kier alpha value is -2.61. The zero-order valence-electron chi connectivity index (χ0n) is 15.3. The minimum absolute atomic E-state index is 0.193. The Morgan fingerprint density at radius 2 is 2.31 bits per heavy atom. The van der Waals surface area contributed by atoms with Gasteiger partial charge in [-0.2, -0.15) is 5.10 Å². The molecule has 2 aromatic heterocycles. The molecular formula is C18H24N4O4. The number of ether oxygens (including phenoxy) is 1. The van der Waals surface area contributed by atoms with Crippen molar-refractivity contribution in [3.63, 3.8) is 0 Å². The van der Waals surface area contributed by atoms with Gasteiger partial charge in [-0.05, 0) is 38.4 Å². The van der Waals surface area contributed by atoms with Crippen LogP contribution in [0.5, 0.6) is 0 Å². The Balaban J connectivity index is 1.66. The number of hydrogen-bond donors (Lipinski definition) is 1. The normalized spacial score (nSPS) is 17.1. The molecule has 1 aliphatic rings. The summed E-state index contributed by atoms with van der Waals surface area (Å²) in [6, 6.07) is 3.63. The first-order valence-corrected chi connectivity index (χ1v) is 8.68. The van der Waals surface area contributed by atoms with Crippen molar-refractivity contribution in [3.05, 3.63) is 41.1 Å². The molecule has 0 aliphatic carbocycles. The van der Waals surface area contributed by atoms with Crippen LogP contribution in [-0.2, 0) is 11.3 Å². The number of aromatic nitrogens is 2. The molecule has 8 heteroatoms. The average molecular weight is 360 g/mol. The second-order valence-electron chi connectivity index (χ2n) is 6.52. The number of methoxy groups -OCH3 is 1. The van der Waals surface area contributed by atoms with Crippen LogP contribution in [0.1, 0.15) is 51.3 Å². The Labute approximate surface area is 152 Å². The van der Waals surface area contributed by atoms with Gasteiger partial charge in [0.05, 0.1) is 19.7 Å². The summed E-state index contributed by atoms with van der Waals surface area (Å²) >= 11 is 0. The molecule has 8 nitrogen and oxygen atoms in total. The molecule has 0 spiro atoms. The smallest absolute Gasteiger partial charge is 0.341 e. The third-order valence-corrected chi connectivity index (χ3v) is 4.59. The van der Waals surface area contributed by atoms with Gasteiger partial charge in [0.25, 0.3) is 5.91 Å². The van der Waals surface area contributed by atoms with Crippen LogP contribution < -0.4 is 5.32 Å². The number of carbonyl (C=O) groups is 2. The second kappa shape index (κ2) is 7.74. The first-order chi connectivity index (χ1) is 12.5. The van der Waals surface area contributed by atoms with E-state index < -0.39 is 5.97 Å². The quantitative estimate of drug-likeness (QED) is 0.818. The van der Waals surface area contributed by atoms with Crippen molar-refractivity contribution < 1.29 is 18.7 Å². The van der Waals surface area contributed by atoms with Crippen LogP contribution in [0.3, 0.4) is 0 Å². The molecule has 1 aliphatic heterocycles. The summed E-state index contributed by atoms with van der Waals surface area (Å²) < 4.78 is 12.1. The first kappa shape index (κ1) is 18.2. The van der Waals surface area contributed by atoms with E-state index in [1.807, 2.05) is 10.9 Å². The maximum Gasteiger partial charge on any atom is 0.341 e. The second-order valence-corrected chi connectivity index (χ2v) is 6.52. The number of piperidine rings is 1. The SMILES string of the molecule is COC(=O)c1cc(CN(C)C(=O)c2ccn(C3CCCNC3)n2)oc1C. The van der Waals surface area contributed by atoms with Gasteiger partial charge in [0.15, 0.2) is 0 Å². The van der Waals surface area contributed by atoms with E-state index in [0.717, 1.165) is 25.9 Å². The fraction of sp³-hybridized carbons (Fsp3) is 0.500. The molecule has 1 unspecified atom stereocenters. The highest BCUT2D eigenvalue weighted by atomic mass is 16.5. The van der Waals surface area contributed by atoms with Gasteiger partial charge in [-0.15, -0.1) is 0 Å². The summed E-state index contributed by atoms with van der Waals surface area (Å²) in [5, 5.41) is 7.78. The van der Waals surface area contributed by atoms with Crippen LogP contribution >= 0.6 is 0 Å². The number of aryl methyl sites for hydroxylation is 1. The lowest BCUT2D eigenvalue weighted by Crippen LogP contribution is -2.32. The Bertz CT molecular complexity index is 789. The third kappa shape index (κ3) is 3.80. The molecule has 3 heterocycles. The minimum atomic E-state index is -0.452. The topological polar surface area (TPSA) is 89.6 Å². The largest absolute Gasteiger partial charge is 0.465 e. The van der Waals surface area contributed by atoms with Crippen LogP contribution in [-0.4, -0.2) is 53.8 Å². The summed E-state index contributed by atoms with van der Waals surface area (Å²) in [4.78, 5) is 25.8. The van der Waals surface area contributed by atoms with Gasteiger partial charge in [0.2, 0.25) is 0 Å². The number of hydrogen-bond acceptors (Lipinski definition) is 6. The summed E-state index contributed by atoms with van der Waals surface area (Å²) in [5.41, 5.74) is 0.770. The highest BCUT2D eigenvalue weighted by molar-refractivity contribution is 5.92. The molecule has 1 N–H and O–H groups in total. The molecule has 1 fully saturated rings. The van der Waals surface area contributed by atoms with E-state index >= 15 is 0 Å². The lowest BCUT2D eigenvalue weighted by molar-refractivity contribution is 0.0598. The molecule has 0 saturated carbocycles. The van der Waals surface area contributed by atoms with E-state index in [2.05, 4.69) is 10.4 Å². The third-order valence-electron chi connectivity index (χ3n) is 4.59. The van der Waals surface area contributed by atoms with E-state index in [1.165, 1.54) is 12.0 Å². The van der Waals surface area contributed by atoms with Crippen LogP contribution in [0.4, 0.5) is 0 Å². The molecule has 2 aromatic rings. The van der Waals surface area contributed by atoms with E-state index in [4.69, 9.17) is 9.15 Å². The summed E-state index contributed by atoms with van der Waals surface area (Å²) in [5.74, 6) is 0.351. The maximum absolute atomic E-state index is 12.6. The Morgan fingerprint density at radius 1 is 1.50 bits per heavy atom. The number of nitrogens with one attached hydrogen (secondary N) is 1. The van der Waals surface area contributed by atoms with Crippen molar-refractivity contribution in [3.8, 4) is 0 Å². The number of esters is 1. The number of carbonyl (C=O) groups excluding carboxylic acids is 2. The van der Waals surface area contributed by atoms with Crippen molar-refractivity contribution in [2.45, 2.75) is 32.4 Å². The van der Waals surface area contributed by atoms with Crippen molar-refractivity contribution in [1.82, 2.24) is 20.0 Å². The van der Waals surface area contributed by atoms with Gasteiger partial charge >= 0.3 is 5.97 Å². The lowest BCUT2D eigenvalue weighted by atomic mass is 10.1. The standard InChI is InChI=1S/C18H24N4O4/c1-12-15(18(24)25-3)9-14(26-12)11-21(2)17(23)16-6-8-22(20-16)13-5-4-7-19-10-13/h6,8-9,13,19H,4-5,7,10-11H2,1-3H3. The molecule has 26 heavy (non-hydrogen) atoms. The molecule has 0 aromatic carbocycles. The van der Waals surface area contributed by atoms with Gasteiger partial charge < -0.3 is 19.4 Å². The van der Waals surface area contributed by atoms with E-state index in [1.54, 1.807) is 26.1 Å². The van der Waals surface area contributed by atoms with Gasteiger partial charge in [-0.1, -0.05) is 0 Å². The predicted molar refractivity (Wildman–Crippen MR) is 93.9 cm³/mol. The molecule has 1 atom stereocenters. The number of furan rings is 1. The van der Waals surface area contributed by atoms with E-state index in [0.29, 0.717) is 22.8 Å². The number of rotatable bonds is 5. The molecule has 140 valence electrons. The molecule has 0 radical (unpaired) electrons. The Morgan fingerprint density at radius 3 is 3.00 bits per heavy atom. The van der Waals surface area contributed by atoms with Gasteiger partial charge in [0, 0.05) is 19.8 Å². The van der Waals surface area contributed by atoms with Crippen molar-refractivity contribution in [2.75, 3.05) is 27.2 Å². The van der Waals surface area contributed by atoms with Gasteiger partial charge in [-0.3, -0.25) is 9.48 Å². The fourth-order valence-electron chi connectivity index (χ4n) is 3.15. The van der Waals surface area contributed by atoms with E-state index in [-0.39, 0.29) is 18.5 Å². The monoisotopic (exact) mass is 360 g/mol. The summed E-state index contributed by atoms with van der Waals surface area (Å²) in [6.07, 6.45) is 4.01. The van der Waals surface area contributed by atoms with Crippen LogP contribution in [0.2, 0.25) is 0 Å². The van der Waals surface area contributed by atoms with Gasteiger partial charge in [0.1, 0.15) is 22.8 Å². The highest BCUT2D eigenvalue weighted by Gasteiger charge is 2.21. The van der Waals surface area contributed by atoms with Crippen LogP contribution in [0.25, 0.3) is 0 Å². The summed E-state index contributed by atoms with van der Waals surface area (Å²) in [6.45, 7) is 3.83. The predicted octanol–water partition coefficient (Wildman–Crippen LogP) is 1.77. The number of amides is 1. The maximum atomic E-state index is 12.6. The Kier molecular flexibility index (Phi) is 5.41.